The van der Waals surface area contributed by atoms with Crippen molar-refractivity contribution in [2.45, 2.75) is 32.7 Å². The van der Waals surface area contributed by atoms with E-state index in [2.05, 4.69) is 10.3 Å². The highest BCUT2D eigenvalue weighted by Crippen LogP contribution is 2.31. The van der Waals surface area contributed by atoms with Gasteiger partial charge in [-0.3, -0.25) is 14.6 Å². The highest BCUT2D eigenvalue weighted by Gasteiger charge is 2.27. The van der Waals surface area contributed by atoms with Crippen LogP contribution in [0.4, 0.5) is 5.69 Å². The summed E-state index contributed by atoms with van der Waals surface area (Å²) in [5.41, 5.74) is 2.82. The zero-order valence-electron chi connectivity index (χ0n) is 14.0. The van der Waals surface area contributed by atoms with E-state index in [-0.39, 0.29) is 17.9 Å². The summed E-state index contributed by atoms with van der Waals surface area (Å²) in [5, 5.41) is 2.93. The van der Waals surface area contributed by atoms with E-state index in [1.165, 1.54) is 0 Å². The molecule has 0 unspecified atom stereocenters. The summed E-state index contributed by atoms with van der Waals surface area (Å²) in [4.78, 5) is 31.1. The molecule has 0 aliphatic carbocycles. The molecule has 0 spiro atoms. The van der Waals surface area contributed by atoms with Gasteiger partial charge in [0.25, 0.3) is 11.8 Å². The van der Waals surface area contributed by atoms with Crippen molar-refractivity contribution in [1.82, 2.24) is 10.3 Å². The molecule has 0 saturated heterocycles. The lowest BCUT2D eigenvalue weighted by Gasteiger charge is -2.30. The number of carbonyl (C=O) groups is 2. The van der Waals surface area contributed by atoms with Gasteiger partial charge in [0.15, 0.2) is 0 Å². The maximum Gasteiger partial charge on any atom is 0.276 e. The molecule has 1 N–H and O–H groups in total. The van der Waals surface area contributed by atoms with Crippen LogP contribution in [0.3, 0.4) is 0 Å². The Balaban J connectivity index is 1.97. The van der Waals surface area contributed by atoms with E-state index < -0.39 is 0 Å². The van der Waals surface area contributed by atoms with Gasteiger partial charge in [0.2, 0.25) is 0 Å². The van der Waals surface area contributed by atoms with Crippen molar-refractivity contribution in [1.29, 1.82) is 0 Å². The fraction of sp³-hybridized carbons (Fsp3) is 0.316. The predicted molar refractivity (Wildman–Crippen MR) is 93.3 cm³/mol. The maximum atomic E-state index is 12.8. The smallest absolute Gasteiger partial charge is 0.276 e. The second-order valence-corrected chi connectivity index (χ2v) is 6.21. The quantitative estimate of drug-likeness (QED) is 0.945. The van der Waals surface area contributed by atoms with E-state index in [4.69, 9.17) is 0 Å². The van der Waals surface area contributed by atoms with Crippen LogP contribution in [0.2, 0.25) is 0 Å². The normalized spacial score (nSPS) is 13.5. The molecule has 0 fully saturated rings. The largest absolute Gasteiger partial charge is 0.350 e. The first-order chi connectivity index (χ1) is 11.6. The number of rotatable bonds is 3. The number of hydrogen-bond donors (Lipinski definition) is 1. The lowest BCUT2D eigenvalue weighted by molar-refractivity contribution is 0.0938. The van der Waals surface area contributed by atoms with Gasteiger partial charge in [-0.1, -0.05) is 12.1 Å². The van der Waals surface area contributed by atoms with Crippen LogP contribution in [0.5, 0.6) is 0 Å². The van der Waals surface area contributed by atoms with Crippen LogP contribution in [0.25, 0.3) is 0 Å². The minimum Gasteiger partial charge on any atom is -0.350 e. The van der Waals surface area contributed by atoms with E-state index in [1.54, 1.807) is 29.3 Å². The van der Waals surface area contributed by atoms with Crippen molar-refractivity contribution in [3.05, 3.63) is 59.4 Å². The summed E-state index contributed by atoms with van der Waals surface area (Å²) < 4.78 is 0. The molecule has 24 heavy (non-hydrogen) atoms. The number of pyridine rings is 1. The summed E-state index contributed by atoms with van der Waals surface area (Å²) in [6, 6.07) is 10.9. The van der Waals surface area contributed by atoms with E-state index in [9.17, 15) is 9.59 Å². The molecule has 1 aliphatic heterocycles. The minimum absolute atomic E-state index is 0.0724. The topological polar surface area (TPSA) is 62.3 Å². The van der Waals surface area contributed by atoms with Gasteiger partial charge < -0.3 is 10.2 Å². The van der Waals surface area contributed by atoms with Gasteiger partial charge in [-0.25, -0.2) is 0 Å². The predicted octanol–water partition coefficient (Wildman–Crippen LogP) is 2.81. The lowest BCUT2D eigenvalue weighted by atomic mass is 9.95. The molecule has 124 valence electrons. The summed E-state index contributed by atoms with van der Waals surface area (Å²) >= 11 is 0. The molecule has 5 nitrogen and oxygen atoms in total. The second kappa shape index (κ2) is 6.83. The number of benzene rings is 1. The lowest BCUT2D eigenvalue weighted by Crippen LogP contribution is -2.37. The molecule has 1 aromatic heterocycles. The number of nitrogens with zero attached hydrogens (tertiary/aromatic N) is 2. The molecule has 5 heteroatoms. The van der Waals surface area contributed by atoms with Crippen molar-refractivity contribution >= 4 is 17.5 Å². The Kier molecular flexibility index (Phi) is 4.60. The van der Waals surface area contributed by atoms with Crippen LogP contribution in [-0.4, -0.2) is 29.4 Å². The van der Waals surface area contributed by atoms with Gasteiger partial charge >= 0.3 is 0 Å². The molecule has 2 amide bonds. The Morgan fingerprint density at radius 1 is 1.17 bits per heavy atom. The molecule has 2 aromatic rings. The van der Waals surface area contributed by atoms with Crippen LogP contribution in [0, 0.1) is 0 Å². The Morgan fingerprint density at radius 2 is 2.00 bits per heavy atom. The molecule has 3 rings (SSSR count). The fourth-order valence-electron chi connectivity index (χ4n) is 3.02. The van der Waals surface area contributed by atoms with Crippen LogP contribution in [-0.2, 0) is 6.42 Å². The highest BCUT2D eigenvalue weighted by molar-refractivity contribution is 6.07. The van der Waals surface area contributed by atoms with E-state index >= 15 is 0 Å². The maximum absolute atomic E-state index is 12.8. The minimum atomic E-state index is -0.127. The number of nitrogens with one attached hydrogen (secondary N) is 1. The van der Waals surface area contributed by atoms with Crippen LogP contribution >= 0.6 is 0 Å². The third kappa shape index (κ3) is 3.15. The third-order valence-electron chi connectivity index (χ3n) is 4.04. The molecule has 0 bridgehead atoms. The first-order valence-corrected chi connectivity index (χ1v) is 8.23. The second-order valence-electron chi connectivity index (χ2n) is 6.21. The molecular formula is C19H21N3O2. The SMILES string of the molecule is CC(C)NC(=O)c1cccc2c1CCCN2C(=O)c1ccccn1. The van der Waals surface area contributed by atoms with Gasteiger partial charge in [-0.05, 0) is 56.5 Å². The monoisotopic (exact) mass is 323 g/mol. The van der Waals surface area contributed by atoms with E-state index in [0.717, 1.165) is 24.1 Å². The zero-order chi connectivity index (χ0) is 17.1. The number of amides is 2. The molecule has 0 saturated carbocycles. The number of fused-ring (bicyclic) bond motifs is 1. The van der Waals surface area contributed by atoms with Gasteiger partial charge in [-0.2, -0.15) is 0 Å². The fourth-order valence-corrected chi connectivity index (χ4v) is 3.02. The molecule has 2 heterocycles. The van der Waals surface area contributed by atoms with Gasteiger partial charge in [0, 0.05) is 30.0 Å². The summed E-state index contributed by atoms with van der Waals surface area (Å²) in [7, 11) is 0. The number of carbonyl (C=O) groups excluding carboxylic acids is 2. The molecule has 0 radical (unpaired) electrons. The van der Waals surface area contributed by atoms with Gasteiger partial charge in [-0.15, -0.1) is 0 Å². The molecule has 0 atom stereocenters. The average molecular weight is 323 g/mol. The highest BCUT2D eigenvalue weighted by atomic mass is 16.2. The van der Waals surface area contributed by atoms with Crippen molar-refractivity contribution < 1.29 is 9.59 Å². The van der Waals surface area contributed by atoms with Gasteiger partial charge in [0.1, 0.15) is 5.69 Å². The first kappa shape index (κ1) is 16.2. The van der Waals surface area contributed by atoms with Crippen molar-refractivity contribution in [2.24, 2.45) is 0 Å². The summed E-state index contributed by atoms with van der Waals surface area (Å²) in [5.74, 6) is -0.216. The van der Waals surface area contributed by atoms with Crippen molar-refractivity contribution in [2.75, 3.05) is 11.4 Å². The van der Waals surface area contributed by atoms with E-state index in [1.807, 2.05) is 32.0 Å². The summed E-state index contributed by atoms with van der Waals surface area (Å²) in [6.45, 7) is 4.51. The average Bonchev–Trinajstić information content (AvgIpc) is 2.60. The zero-order valence-corrected chi connectivity index (χ0v) is 14.0. The van der Waals surface area contributed by atoms with E-state index in [0.29, 0.717) is 17.8 Å². The standard InChI is InChI=1S/C19H21N3O2/c1-13(2)21-18(23)15-7-5-10-17-14(15)8-6-12-22(17)19(24)16-9-3-4-11-20-16/h3-5,7,9-11,13H,6,8,12H2,1-2H3,(H,21,23). The van der Waals surface area contributed by atoms with Crippen LogP contribution < -0.4 is 10.2 Å². The Hall–Kier alpha value is -2.69. The van der Waals surface area contributed by atoms with Crippen LogP contribution in [0.1, 0.15) is 46.7 Å². The summed E-state index contributed by atoms with van der Waals surface area (Å²) in [6.07, 6.45) is 3.24. The number of aromatic nitrogens is 1. The van der Waals surface area contributed by atoms with Gasteiger partial charge in [0.05, 0.1) is 0 Å². The molecule has 1 aliphatic rings. The third-order valence-corrected chi connectivity index (χ3v) is 4.04. The molecule has 1 aromatic carbocycles. The Bertz CT molecular complexity index is 756. The van der Waals surface area contributed by atoms with Crippen molar-refractivity contribution in [3.63, 3.8) is 0 Å². The Labute approximate surface area is 141 Å². The van der Waals surface area contributed by atoms with Crippen LogP contribution in [0.15, 0.2) is 42.6 Å². The number of anilines is 1. The Morgan fingerprint density at radius 3 is 2.71 bits per heavy atom. The van der Waals surface area contributed by atoms with Crippen molar-refractivity contribution in [3.8, 4) is 0 Å². The first-order valence-electron chi connectivity index (χ1n) is 8.23. The molecular weight excluding hydrogens is 302 g/mol. The number of hydrogen-bond acceptors (Lipinski definition) is 3.